The molecule has 2 rings (SSSR count). The van der Waals surface area contributed by atoms with Crippen LogP contribution in [0.1, 0.15) is 23.1 Å². The number of amides is 1. The Labute approximate surface area is 110 Å². The fraction of sp³-hybridized carbons (Fsp3) is 0.250. The number of nitrogens with zero attached hydrogens (tertiary/aromatic N) is 3. The van der Waals surface area contributed by atoms with Crippen molar-refractivity contribution in [2.45, 2.75) is 20.0 Å². The molecule has 0 radical (unpaired) electrons. The van der Waals surface area contributed by atoms with Gasteiger partial charge in [-0.25, -0.2) is 0 Å². The maximum atomic E-state index is 11.8. The van der Waals surface area contributed by atoms with Crippen molar-refractivity contribution < 1.29 is 4.79 Å². The highest BCUT2D eigenvalue weighted by Crippen LogP contribution is 2.09. The molecule has 0 atom stereocenters. The second kappa shape index (κ2) is 5.64. The van der Waals surface area contributed by atoms with Gasteiger partial charge >= 0.3 is 0 Å². The number of hydrogen-bond acceptors (Lipinski definition) is 3. The van der Waals surface area contributed by atoms with E-state index in [0.29, 0.717) is 17.1 Å². The van der Waals surface area contributed by atoms with Gasteiger partial charge in [0.1, 0.15) is 6.33 Å². The molecule has 0 unspecified atom stereocenters. The summed E-state index contributed by atoms with van der Waals surface area (Å²) in [6.07, 6.45) is 1.64. The molecule has 0 spiro atoms. The van der Waals surface area contributed by atoms with E-state index < -0.39 is 0 Å². The topological polar surface area (TPSA) is 59.8 Å². The highest BCUT2D eigenvalue weighted by Gasteiger charge is 2.07. The Kier molecular flexibility index (Phi) is 3.94. The summed E-state index contributed by atoms with van der Waals surface area (Å²) in [6.45, 7) is 3.13. The molecule has 0 aliphatic heterocycles. The summed E-state index contributed by atoms with van der Waals surface area (Å²) in [4.78, 5) is 11.8. The summed E-state index contributed by atoms with van der Waals surface area (Å²) in [5, 5.41) is 11.1. The predicted molar refractivity (Wildman–Crippen MR) is 68.3 cm³/mol. The lowest BCUT2D eigenvalue weighted by molar-refractivity contribution is 0.0949. The monoisotopic (exact) mass is 264 g/mol. The molecule has 5 nitrogen and oxygen atoms in total. The molecule has 2 aromatic rings. The Morgan fingerprint density at radius 1 is 1.39 bits per heavy atom. The molecule has 1 amide bonds. The first kappa shape index (κ1) is 12.6. The van der Waals surface area contributed by atoms with Crippen LogP contribution in [0.2, 0.25) is 5.02 Å². The van der Waals surface area contributed by atoms with Gasteiger partial charge in [-0.1, -0.05) is 11.6 Å². The average Bonchev–Trinajstić information content (AvgIpc) is 2.84. The first-order chi connectivity index (χ1) is 8.70. The van der Waals surface area contributed by atoms with Crippen LogP contribution < -0.4 is 5.32 Å². The van der Waals surface area contributed by atoms with E-state index in [1.54, 1.807) is 30.6 Å². The van der Waals surface area contributed by atoms with Gasteiger partial charge in [0, 0.05) is 17.1 Å². The number of aryl methyl sites for hydroxylation is 1. The number of benzene rings is 1. The van der Waals surface area contributed by atoms with Gasteiger partial charge in [-0.3, -0.25) is 4.79 Å². The summed E-state index contributed by atoms with van der Waals surface area (Å²) < 4.78 is 1.88. The molecular formula is C12H13ClN4O. The van der Waals surface area contributed by atoms with E-state index in [4.69, 9.17) is 11.6 Å². The molecule has 0 saturated heterocycles. The third kappa shape index (κ3) is 2.87. The van der Waals surface area contributed by atoms with Crippen LogP contribution in [0.5, 0.6) is 0 Å². The van der Waals surface area contributed by atoms with Crippen molar-refractivity contribution in [1.29, 1.82) is 0 Å². The average molecular weight is 265 g/mol. The largest absolute Gasteiger partial charge is 0.345 e. The van der Waals surface area contributed by atoms with Crippen molar-refractivity contribution in [2.24, 2.45) is 0 Å². The van der Waals surface area contributed by atoms with Crippen molar-refractivity contribution in [2.75, 3.05) is 0 Å². The predicted octanol–water partition coefficient (Wildman–Crippen LogP) is 1.88. The molecular weight excluding hydrogens is 252 g/mol. The van der Waals surface area contributed by atoms with Crippen molar-refractivity contribution in [3.05, 3.63) is 47.0 Å². The van der Waals surface area contributed by atoms with Gasteiger partial charge in [0.15, 0.2) is 5.82 Å². The van der Waals surface area contributed by atoms with Crippen LogP contribution in [-0.4, -0.2) is 20.7 Å². The van der Waals surface area contributed by atoms with Gasteiger partial charge in [-0.15, -0.1) is 10.2 Å². The fourth-order valence-electron chi connectivity index (χ4n) is 1.54. The third-order valence-electron chi connectivity index (χ3n) is 2.55. The Hall–Kier alpha value is -1.88. The second-order valence-corrected chi connectivity index (χ2v) is 4.16. The van der Waals surface area contributed by atoms with Gasteiger partial charge in [-0.2, -0.15) is 0 Å². The SMILES string of the molecule is CCn1cnnc1CNC(=O)c1ccc(Cl)cc1. The molecule has 18 heavy (non-hydrogen) atoms. The first-order valence-electron chi connectivity index (χ1n) is 5.61. The Balaban J connectivity index is 1.98. The van der Waals surface area contributed by atoms with Crippen LogP contribution in [0.4, 0.5) is 0 Å². The van der Waals surface area contributed by atoms with E-state index >= 15 is 0 Å². The first-order valence-corrected chi connectivity index (χ1v) is 5.99. The summed E-state index contributed by atoms with van der Waals surface area (Å²) in [6, 6.07) is 6.74. The number of rotatable bonds is 4. The zero-order valence-electron chi connectivity index (χ0n) is 9.93. The molecule has 0 aliphatic rings. The van der Waals surface area contributed by atoms with E-state index in [2.05, 4.69) is 15.5 Å². The molecule has 0 saturated carbocycles. The summed E-state index contributed by atoms with van der Waals surface area (Å²) in [5.41, 5.74) is 0.571. The molecule has 0 bridgehead atoms. The lowest BCUT2D eigenvalue weighted by Crippen LogP contribution is -2.24. The number of aromatic nitrogens is 3. The van der Waals surface area contributed by atoms with Crippen LogP contribution in [-0.2, 0) is 13.1 Å². The van der Waals surface area contributed by atoms with Crippen LogP contribution in [0.15, 0.2) is 30.6 Å². The molecule has 1 aromatic heterocycles. The number of carbonyl (C=O) groups excluding carboxylic acids is 1. The number of halogens is 1. The second-order valence-electron chi connectivity index (χ2n) is 3.72. The quantitative estimate of drug-likeness (QED) is 0.917. The minimum Gasteiger partial charge on any atom is -0.345 e. The summed E-state index contributed by atoms with van der Waals surface area (Å²) in [7, 11) is 0. The molecule has 6 heteroatoms. The third-order valence-corrected chi connectivity index (χ3v) is 2.80. The smallest absolute Gasteiger partial charge is 0.251 e. The molecule has 1 heterocycles. The Bertz CT molecular complexity index is 535. The highest BCUT2D eigenvalue weighted by atomic mass is 35.5. The molecule has 1 N–H and O–H groups in total. The van der Waals surface area contributed by atoms with Crippen LogP contribution in [0, 0.1) is 0 Å². The fourth-order valence-corrected chi connectivity index (χ4v) is 1.67. The van der Waals surface area contributed by atoms with Crippen molar-refractivity contribution in [3.63, 3.8) is 0 Å². The molecule has 94 valence electrons. The van der Waals surface area contributed by atoms with Gasteiger partial charge in [0.05, 0.1) is 6.54 Å². The minimum atomic E-state index is -0.155. The van der Waals surface area contributed by atoms with Crippen molar-refractivity contribution in [3.8, 4) is 0 Å². The van der Waals surface area contributed by atoms with Crippen LogP contribution in [0.25, 0.3) is 0 Å². The summed E-state index contributed by atoms with van der Waals surface area (Å²) >= 11 is 5.76. The standard InChI is InChI=1S/C12H13ClN4O/c1-2-17-8-15-16-11(17)7-14-12(18)9-3-5-10(13)6-4-9/h3-6,8H,2,7H2,1H3,(H,14,18). The van der Waals surface area contributed by atoms with Gasteiger partial charge in [0.25, 0.3) is 5.91 Å². The number of hydrogen-bond donors (Lipinski definition) is 1. The lowest BCUT2D eigenvalue weighted by Gasteiger charge is -2.06. The van der Waals surface area contributed by atoms with Crippen LogP contribution >= 0.6 is 11.6 Å². The number of carbonyl (C=O) groups is 1. The zero-order valence-corrected chi connectivity index (χ0v) is 10.7. The van der Waals surface area contributed by atoms with E-state index in [1.165, 1.54) is 0 Å². The Morgan fingerprint density at radius 2 is 2.11 bits per heavy atom. The highest BCUT2D eigenvalue weighted by molar-refractivity contribution is 6.30. The molecule has 0 aliphatic carbocycles. The minimum absolute atomic E-state index is 0.155. The Morgan fingerprint density at radius 3 is 2.78 bits per heavy atom. The van der Waals surface area contributed by atoms with Gasteiger partial charge in [-0.05, 0) is 31.2 Å². The number of nitrogens with one attached hydrogen (secondary N) is 1. The van der Waals surface area contributed by atoms with E-state index in [9.17, 15) is 4.79 Å². The van der Waals surface area contributed by atoms with E-state index in [0.717, 1.165) is 12.4 Å². The maximum absolute atomic E-state index is 11.8. The van der Waals surface area contributed by atoms with Crippen molar-refractivity contribution >= 4 is 17.5 Å². The van der Waals surface area contributed by atoms with Crippen molar-refractivity contribution in [1.82, 2.24) is 20.1 Å². The normalized spacial score (nSPS) is 10.3. The molecule has 1 aromatic carbocycles. The van der Waals surface area contributed by atoms with Crippen LogP contribution in [0.3, 0.4) is 0 Å². The van der Waals surface area contributed by atoms with E-state index in [-0.39, 0.29) is 5.91 Å². The van der Waals surface area contributed by atoms with Gasteiger partial charge < -0.3 is 9.88 Å². The zero-order chi connectivity index (χ0) is 13.0. The van der Waals surface area contributed by atoms with E-state index in [1.807, 2.05) is 11.5 Å². The molecule has 0 fully saturated rings. The van der Waals surface area contributed by atoms with Gasteiger partial charge in [0.2, 0.25) is 0 Å². The maximum Gasteiger partial charge on any atom is 0.251 e. The summed E-state index contributed by atoms with van der Waals surface area (Å²) in [5.74, 6) is 0.581. The lowest BCUT2D eigenvalue weighted by atomic mass is 10.2.